The van der Waals surface area contributed by atoms with E-state index in [1.54, 1.807) is 13.3 Å². The highest BCUT2D eigenvalue weighted by Gasteiger charge is 2.09. The molecule has 1 atom stereocenters. The minimum atomic E-state index is -0.646. The van der Waals surface area contributed by atoms with Gasteiger partial charge in [-0.2, -0.15) is 5.10 Å². The smallest absolute Gasteiger partial charge is 0.191 e. The number of aliphatic hydroxyl groups excluding tert-OH is 1. The molecule has 31 heavy (non-hydrogen) atoms. The lowest BCUT2D eigenvalue weighted by atomic mass is 10.1. The van der Waals surface area contributed by atoms with Gasteiger partial charge in [-0.1, -0.05) is 36.4 Å². The molecule has 0 aliphatic heterocycles. The number of hydrogen-bond acceptors (Lipinski definition) is 4. The monoisotopic (exact) mass is 535 g/mol. The van der Waals surface area contributed by atoms with Crippen molar-refractivity contribution in [1.82, 2.24) is 20.4 Å². The van der Waals surface area contributed by atoms with Crippen molar-refractivity contribution in [2.45, 2.75) is 26.1 Å². The molecule has 3 N–H and O–H groups in total. The first-order valence-electron chi connectivity index (χ1n) is 10.1. The van der Waals surface area contributed by atoms with Gasteiger partial charge in [0.2, 0.25) is 0 Å². The molecule has 7 nitrogen and oxygen atoms in total. The van der Waals surface area contributed by atoms with Crippen LogP contribution in [0.25, 0.3) is 0 Å². The second-order valence-corrected chi connectivity index (χ2v) is 6.84. The third kappa shape index (κ3) is 7.55. The summed E-state index contributed by atoms with van der Waals surface area (Å²) >= 11 is 0. The van der Waals surface area contributed by atoms with Crippen LogP contribution in [0.2, 0.25) is 0 Å². The fraction of sp³-hybridized carbons (Fsp3) is 0.304. The summed E-state index contributed by atoms with van der Waals surface area (Å²) < 4.78 is 7.06. The molecule has 0 saturated heterocycles. The van der Waals surface area contributed by atoms with Gasteiger partial charge in [0.1, 0.15) is 5.75 Å². The van der Waals surface area contributed by atoms with Crippen molar-refractivity contribution >= 4 is 29.9 Å². The Kier molecular flexibility index (Phi) is 10.3. The molecule has 1 aromatic heterocycles. The van der Waals surface area contributed by atoms with Gasteiger partial charge in [0, 0.05) is 25.5 Å². The number of rotatable bonds is 9. The lowest BCUT2D eigenvalue weighted by Crippen LogP contribution is -2.39. The molecule has 1 unspecified atom stereocenters. The molecule has 1 heterocycles. The second-order valence-electron chi connectivity index (χ2n) is 6.84. The van der Waals surface area contributed by atoms with Crippen molar-refractivity contribution in [3.63, 3.8) is 0 Å². The highest BCUT2D eigenvalue weighted by molar-refractivity contribution is 14.0. The first-order chi connectivity index (χ1) is 14.7. The number of methoxy groups -OCH3 is 1. The number of aliphatic hydroxyl groups is 1. The van der Waals surface area contributed by atoms with E-state index in [2.05, 4.69) is 27.9 Å². The molecule has 0 radical (unpaired) electrons. The van der Waals surface area contributed by atoms with E-state index in [4.69, 9.17) is 9.73 Å². The maximum atomic E-state index is 10.5. The summed E-state index contributed by atoms with van der Waals surface area (Å²) in [4.78, 5) is 4.70. The van der Waals surface area contributed by atoms with E-state index in [0.717, 1.165) is 23.4 Å². The normalized spacial score (nSPS) is 12.0. The number of hydrogen-bond donors (Lipinski definition) is 3. The summed E-state index contributed by atoms with van der Waals surface area (Å²) in [5.41, 5.74) is 3.14. The molecule has 166 valence electrons. The standard InChI is InChI=1S/C23H29N5O2.HI/c1-3-24-23(26-16-22(29)18-9-11-21(30-2)12-10-18)25-15-19-7-4-5-8-20(19)17-28-14-6-13-27-28;/h4-14,22,29H,3,15-17H2,1-2H3,(H2,24,25,26);1H. The molecule has 2 aromatic carbocycles. The average molecular weight is 535 g/mol. The summed E-state index contributed by atoms with van der Waals surface area (Å²) in [6, 6.07) is 17.6. The zero-order valence-corrected chi connectivity index (χ0v) is 20.2. The molecule has 0 bridgehead atoms. The maximum absolute atomic E-state index is 10.5. The van der Waals surface area contributed by atoms with Crippen molar-refractivity contribution in [2.24, 2.45) is 4.99 Å². The number of nitrogens with zero attached hydrogens (tertiary/aromatic N) is 3. The largest absolute Gasteiger partial charge is 0.497 e. The van der Waals surface area contributed by atoms with E-state index < -0.39 is 6.10 Å². The van der Waals surface area contributed by atoms with Crippen LogP contribution in [0.1, 0.15) is 29.7 Å². The highest BCUT2D eigenvalue weighted by atomic mass is 127. The summed E-state index contributed by atoms with van der Waals surface area (Å²) in [6.07, 6.45) is 3.08. The van der Waals surface area contributed by atoms with Gasteiger partial charge >= 0.3 is 0 Å². The molecule has 8 heteroatoms. The predicted octanol–water partition coefficient (Wildman–Crippen LogP) is 3.35. The zero-order valence-electron chi connectivity index (χ0n) is 17.9. The molecule has 0 amide bonds. The van der Waals surface area contributed by atoms with Gasteiger partial charge in [0.15, 0.2) is 5.96 Å². The number of aromatic nitrogens is 2. The number of guanidine groups is 1. The minimum absolute atomic E-state index is 0. The van der Waals surface area contributed by atoms with Gasteiger partial charge in [-0.05, 0) is 41.8 Å². The Morgan fingerprint density at radius 3 is 2.48 bits per heavy atom. The molecule has 0 fully saturated rings. The minimum Gasteiger partial charge on any atom is -0.497 e. The van der Waals surface area contributed by atoms with Crippen LogP contribution < -0.4 is 15.4 Å². The Labute approximate surface area is 200 Å². The van der Waals surface area contributed by atoms with Gasteiger partial charge in [0.05, 0.1) is 26.3 Å². The molecule has 3 rings (SSSR count). The number of benzene rings is 2. The maximum Gasteiger partial charge on any atom is 0.191 e. The van der Waals surface area contributed by atoms with Crippen LogP contribution in [-0.4, -0.2) is 41.0 Å². The topological polar surface area (TPSA) is 83.7 Å². The van der Waals surface area contributed by atoms with Gasteiger partial charge in [0.25, 0.3) is 0 Å². The van der Waals surface area contributed by atoms with Gasteiger partial charge < -0.3 is 20.5 Å². The van der Waals surface area contributed by atoms with Crippen LogP contribution in [-0.2, 0) is 13.1 Å². The Hall–Kier alpha value is -2.59. The molecule has 0 aliphatic carbocycles. The third-order valence-electron chi connectivity index (χ3n) is 4.73. The van der Waals surface area contributed by atoms with Crippen LogP contribution in [0.3, 0.4) is 0 Å². The SMILES string of the molecule is CCNC(=NCc1ccccc1Cn1cccn1)NCC(O)c1ccc(OC)cc1.I. The van der Waals surface area contributed by atoms with Gasteiger partial charge in [-0.15, -0.1) is 24.0 Å². The van der Waals surface area contributed by atoms with Crippen LogP contribution in [0, 0.1) is 0 Å². The van der Waals surface area contributed by atoms with E-state index in [0.29, 0.717) is 25.6 Å². The van der Waals surface area contributed by atoms with Crippen molar-refractivity contribution in [3.8, 4) is 5.75 Å². The van der Waals surface area contributed by atoms with Crippen LogP contribution in [0.5, 0.6) is 5.75 Å². The summed E-state index contributed by atoms with van der Waals surface area (Å²) in [5.74, 6) is 1.43. The molecule has 3 aromatic rings. The van der Waals surface area contributed by atoms with Crippen molar-refractivity contribution in [3.05, 3.63) is 83.7 Å². The zero-order chi connectivity index (χ0) is 21.2. The first kappa shape index (κ1) is 24.7. The molecule has 0 aliphatic rings. The van der Waals surface area contributed by atoms with Crippen LogP contribution >= 0.6 is 24.0 Å². The predicted molar refractivity (Wildman–Crippen MR) is 134 cm³/mol. The fourth-order valence-electron chi connectivity index (χ4n) is 3.08. The Balaban J connectivity index is 0.00000341. The van der Waals surface area contributed by atoms with E-state index in [-0.39, 0.29) is 24.0 Å². The fourth-order valence-corrected chi connectivity index (χ4v) is 3.08. The van der Waals surface area contributed by atoms with Crippen LogP contribution in [0.15, 0.2) is 72.0 Å². The van der Waals surface area contributed by atoms with E-state index in [9.17, 15) is 5.11 Å². The van der Waals surface area contributed by atoms with Crippen molar-refractivity contribution < 1.29 is 9.84 Å². The van der Waals surface area contributed by atoms with Crippen molar-refractivity contribution in [2.75, 3.05) is 20.2 Å². The van der Waals surface area contributed by atoms with Gasteiger partial charge in [-0.25, -0.2) is 4.99 Å². The number of nitrogens with one attached hydrogen (secondary N) is 2. The Bertz CT molecular complexity index is 929. The van der Waals surface area contributed by atoms with E-state index in [1.807, 2.05) is 60.3 Å². The highest BCUT2D eigenvalue weighted by Crippen LogP contribution is 2.17. The Morgan fingerprint density at radius 2 is 1.84 bits per heavy atom. The quantitative estimate of drug-likeness (QED) is 0.223. The summed E-state index contributed by atoms with van der Waals surface area (Å²) in [5, 5.41) is 21.2. The molecule has 0 saturated carbocycles. The lowest BCUT2D eigenvalue weighted by molar-refractivity contribution is 0.180. The third-order valence-corrected chi connectivity index (χ3v) is 4.73. The number of ether oxygens (including phenoxy) is 1. The van der Waals surface area contributed by atoms with Crippen molar-refractivity contribution in [1.29, 1.82) is 0 Å². The number of halogens is 1. The number of aliphatic imine (C=N–C) groups is 1. The summed E-state index contributed by atoms with van der Waals surface area (Å²) in [7, 11) is 1.62. The lowest BCUT2D eigenvalue weighted by Gasteiger charge is -2.16. The summed E-state index contributed by atoms with van der Waals surface area (Å²) in [6.45, 7) is 4.35. The van der Waals surface area contributed by atoms with E-state index in [1.165, 1.54) is 5.56 Å². The van der Waals surface area contributed by atoms with Crippen LogP contribution in [0.4, 0.5) is 0 Å². The Morgan fingerprint density at radius 1 is 1.10 bits per heavy atom. The average Bonchev–Trinajstić information content (AvgIpc) is 3.29. The molecule has 0 spiro atoms. The first-order valence-corrected chi connectivity index (χ1v) is 10.1. The van der Waals surface area contributed by atoms with Gasteiger partial charge in [-0.3, -0.25) is 4.68 Å². The molecular formula is C23H30IN5O2. The molecular weight excluding hydrogens is 505 g/mol. The second kappa shape index (κ2) is 13.0. The van der Waals surface area contributed by atoms with E-state index >= 15 is 0 Å².